The maximum absolute atomic E-state index is 12.6. The summed E-state index contributed by atoms with van der Waals surface area (Å²) in [4.78, 5) is 21.3. The molecule has 3 heterocycles. The fourth-order valence-electron chi connectivity index (χ4n) is 2.95. The molecule has 5 nitrogen and oxygen atoms in total. The van der Waals surface area contributed by atoms with E-state index in [1.54, 1.807) is 12.4 Å². The number of aryl methyl sites for hydroxylation is 1. The Labute approximate surface area is 136 Å². The minimum absolute atomic E-state index is 0.0529. The Morgan fingerprint density at radius 1 is 1.22 bits per heavy atom. The van der Waals surface area contributed by atoms with E-state index in [-0.39, 0.29) is 5.91 Å². The normalized spacial score (nSPS) is 15.3. The van der Waals surface area contributed by atoms with Gasteiger partial charge in [-0.25, -0.2) is 0 Å². The molecule has 0 radical (unpaired) electrons. The number of aromatic nitrogens is 2. The second-order valence-corrected chi connectivity index (χ2v) is 5.95. The van der Waals surface area contributed by atoms with E-state index < -0.39 is 0 Å². The number of nitrogens with one attached hydrogen (secondary N) is 2. The van der Waals surface area contributed by atoms with Gasteiger partial charge in [0.25, 0.3) is 5.91 Å². The number of pyridine rings is 2. The maximum Gasteiger partial charge on any atom is 0.253 e. The first-order valence-corrected chi connectivity index (χ1v) is 8.09. The van der Waals surface area contributed by atoms with Gasteiger partial charge in [-0.15, -0.1) is 0 Å². The van der Waals surface area contributed by atoms with Gasteiger partial charge in [-0.2, -0.15) is 0 Å². The first-order valence-electron chi connectivity index (χ1n) is 8.09. The molecule has 5 heteroatoms. The molecule has 0 atom stereocenters. The molecule has 1 amide bonds. The second kappa shape index (κ2) is 7.33. The Morgan fingerprint density at radius 2 is 1.96 bits per heavy atom. The molecule has 2 aromatic rings. The number of hydrogen-bond acceptors (Lipinski definition) is 4. The lowest BCUT2D eigenvalue weighted by atomic mass is 9.90. The summed E-state index contributed by atoms with van der Waals surface area (Å²) in [6, 6.07) is 7.62. The van der Waals surface area contributed by atoms with E-state index in [1.165, 1.54) is 0 Å². The van der Waals surface area contributed by atoms with Crippen LogP contribution in [0.2, 0.25) is 0 Å². The number of carbonyl (C=O) groups is 1. The van der Waals surface area contributed by atoms with Gasteiger partial charge in [-0.1, -0.05) is 0 Å². The van der Waals surface area contributed by atoms with Crippen molar-refractivity contribution in [3.63, 3.8) is 0 Å². The van der Waals surface area contributed by atoms with Crippen molar-refractivity contribution >= 4 is 5.91 Å². The van der Waals surface area contributed by atoms with Gasteiger partial charge in [0.1, 0.15) is 0 Å². The molecule has 0 saturated carbocycles. The molecule has 0 bridgehead atoms. The van der Waals surface area contributed by atoms with Gasteiger partial charge in [0, 0.05) is 30.6 Å². The summed E-state index contributed by atoms with van der Waals surface area (Å²) in [5, 5.41) is 6.35. The van der Waals surface area contributed by atoms with E-state index in [4.69, 9.17) is 0 Å². The lowest BCUT2D eigenvalue weighted by molar-refractivity contribution is 0.0948. The Balaban J connectivity index is 1.76. The number of hydrogen-bond donors (Lipinski definition) is 2. The molecule has 2 N–H and O–H groups in total. The minimum Gasteiger partial charge on any atom is -0.348 e. The summed E-state index contributed by atoms with van der Waals surface area (Å²) in [5.41, 5.74) is 3.65. The van der Waals surface area contributed by atoms with Crippen molar-refractivity contribution in [2.75, 3.05) is 13.1 Å². The summed E-state index contributed by atoms with van der Waals surface area (Å²) < 4.78 is 0. The molecule has 0 unspecified atom stereocenters. The molecular weight excluding hydrogens is 288 g/mol. The zero-order valence-corrected chi connectivity index (χ0v) is 13.4. The molecule has 0 aliphatic carbocycles. The van der Waals surface area contributed by atoms with Crippen molar-refractivity contribution < 1.29 is 4.79 Å². The Kier molecular flexibility index (Phi) is 4.98. The Hall–Kier alpha value is -2.27. The molecule has 3 rings (SSSR count). The first-order chi connectivity index (χ1) is 11.2. The van der Waals surface area contributed by atoms with Crippen molar-refractivity contribution in [1.82, 2.24) is 20.6 Å². The highest BCUT2D eigenvalue weighted by atomic mass is 16.1. The molecule has 1 aliphatic rings. The summed E-state index contributed by atoms with van der Waals surface area (Å²) in [6.07, 6.45) is 5.52. The first kappa shape index (κ1) is 15.6. The number of rotatable bonds is 4. The van der Waals surface area contributed by atoms with E-state index in [1.807, 2.05) is 31.2 Å². The third-order valence-electron chi connectivity index (χ3n) is 4.24. The van der Waals surface area contributed by atoms with Crippen molar-refractivity contribution in [3.8, 4) is 0 Å². The second-order valence-electron chi connectivity index (χ2n) is 5.95. The average molecular weight is 310 g/mol. The highest BCUT2D eigenvalue weighted by Gasteiger charge is 2.22. The molecule has 1 fully saturated rings. The number of carbonyl (C=O) groups excluding carboxylic acids is 1. The summed E-state index contributed by atoms with van der Waals surface area (Å²) in [5.74, 6) is 0.306. The van der Waals surface area contributed by atoms with Gasteiger partial charge < -0.3 is 10.6 Å². The van der Waals surface area contributed by atoms with Crippen molar-refractivity contribution in [1.29, 1.82) is 0 Å². The smallest absolute Gasteiger partial charge is 0.253 e. The van der Waals surface area contributed by atoms with Gasteiger partial charge in [0.2, 0.25) is 0 Å². The van der Waals surface area contributed by atoms with Gasteiger partial charge >= 0.3 is 0 Å². The number of piperidine rings is 1. The molecule has 1 saturated heterocycles. The van der Waals surface area contributed by atoms with Crippen LogP contribution < -0.4 is 10.6 Å². The summed E-state index contributed by atoms with van der Waals surface area (Å²) in [6.45, 7) is 4.45. The number of nitrogens with zero attached hydrogens (tertiary/aromatic N) is 2. The van der Waals surface area contributed by atoms with Gasteiger partial charge in [-0.05, 0) is 62.7 Å². The summed E-state index contributed by atoms with van der Waals surface area (Å²) in [7, 11) is 0. The fraction of sp³-hybridized carbons (Fsp3) is 0.389. The largest absolute Gasteiger partial charge is 0.348 e. The molecular formula is C18H22N4O. The molecule has 1 aliphatic heterocycles. The lowest BCUT2D eigenvalue weighted by Gasteiger charge is -2.24. The minimum atomic E-state index is -0.0529. The highest BCUT2D eigenvalue weighted by molar-refractivity contribution is 5.95. The van der Waals surface area contributed by atoms with Crippen LogP contribution in [0.5, 0.6) is 0 Å². The molecule has 2 aromatic heterocycles. The predicted octanol–water partition coefficient (Wildman–Crippen LogP) is 2.18. The van der Waals surface area contributed by atoms with E-state index >= 15 is 0 Å². The molecule has 23 heavy (non-hydrogen) atoms. The summed E-state index contributed by atoms with van der Waals surface area (Å²) >= 11 is 0. The fourth-order valence-corrected chi connectivity index (χ4v) is 2.95. The van der Waals surface area contributed by atoms with Crippen LogP contribution in [0.1, 0.15) is 46.1 Å². The third kappa shape index (κ3) is 3.93. The van der Waals surface area contributed by atoms with Crippen LogP contribution in [0, 0.1) is 6.92 Å². The zero-order chi connectivity index (χ0) is 16.1. The molecule has 0 spiro atoms. The van der Waals surface area contributed by atoms with Crippen molar-refractivity contribution in [3.05, 3.63) is 59.2 Å². The van der Waals surface area contributed by atoms with Crippen molar-refractivity contribution in [2.24, 2.45) is 0 Å². The van der Waals surface area contributed by atoms with Crippen molar-refractivity contribution in [2.45, 2.75) is 32.2 Å². The van der Waals surface area contributed by atoms with Crippen LogP contribution in [-0.2, 0) is 6.54 Å². The lowest BCUT2D eigenvalue weighted by Crippen LogP contribution is -2.30. The average Bonchev–Trinajstić information content (AvgIpc) is 2.61. The van der Waals surface area contributed by atoms with E-state index in [2.05, 4.69) is 20.6 Å². The van der Waals surface area contributed by atoms with E-state index in [0.29, 0.717) is 18.0 Å². The molecule has 120 valence electrons. The quantitative estimate of drug-likeness (QED) is 0.908. The predicted molar refractivity (Wildman–Crippen MR) is 89.2 cm³/mol. The maximum atomic E-state index is 12.6. The SMILES string of the molecule is Cc1ccc(C(=O)NCc2ccncc2)c(C2CCNCC2)n1. The number of amides is 1. The van der Waals surface area contributed by atoms with Gasteiger partial charge in [0.15, 0.2) is 0 Å². The topological polar surface area (TPSA) is 66.9 Å². The highest BCUT2D eigenvalue weighted by Crippen LogP contribution is 2.26. The Morgan fingerprint density at radius 3 is 2.70 bits per heavy atom. The van der Waals surface area contributed by atoms with Crippen LogP contribution in [0.25, 0.3) is 0 Å². The van der Waals surface area contributed by atoms with Gasteiger partial charge in [-0.3, -0.25) is 14.8 Å². The van der Waals surface area contributed by atoms with Gasteiger partial charge in [0.05, 0.1) is 11.3 Å². The standard InChI is InChI=1S/C18H22N4O/c1-13-2-3-16(17(22-13)15-6-10-20-11-7-15)18(23)21-12-14-4-8-19-9-5-14/h2-5,8-9,15,20H,6-7,10-12H2,1H3,(H,21,23). The monoisotopic (exact) mass is 310 g/mol. The van der Waals surface area contributed by atoms with E-state index in [9.17, 15) is 4.79 Å². The zero-order valence-electron chi connectivity index (χ0n) is 13.4. The van der Waals surface area contributed by atoms with Crippen LogP contribution in [0.15, 0.2) is 36.7 Å². The van der Waals surface area contributed by atoms with E-state index in [0.717, 1.165) is 42.9 Å². The van der Waals surface area contributed by atoms with Crippen LogP contribution in [0.3, 0.4) is 0 Å². The third-order valence-corrected chi connectivity index (χ3v) is 4.24. The molecule has 0 aromatic carbocycles. The van der Waals surface area contributed by atoms with Crippen LogP contribution in [0.4, 0.5) is 0 Å². The van der Waals surface area contributed by atoms with Crippen LogP contribution in [-0.4, -0.2) is 29.0 Å². The Bertz CT molecular complexity index is 666. The van der Waals surface area contributed by atoms with Crippen LogP contribution >= 0.6 is 0 Å².